The lowest BCUT2D eigenvalue weighted by atomic mass is 9.69. The summed E-state index contributed by atoms with van der Waals surface area (Å²) in [4.78, 5) is 6.00. The van der Waals surface area contributed by atoms with E-state index in [0.29, 0.717) is 46.6 Å². The van der Waals surface area contributed by atoms with E-state index >= 15 is 0 Å². The van der Waals surface area contributed by atoms with Crippen LogP contribution in [-0.4, -0.2) is 58.7 Å². The predicted octanol–water partition coefficient (Wildman–Crippen LogP) is 4.16. The van der Waals surface area contributed by atoms with Crippen LogP contribution in [0.15, 0.2) is 24.4 Å². The van der Waals surface area contributed by atoms with Gasteiger partial charge in [0.05, 0.1) is 17.2 Å². The number of rotatable bonds is 4. The third-order valence-electron chi connectivity index (χ3n) is 8.51. The average molecular weight is 495 g/mol. The molecule has 34 heavy (non-hydrogen) atoms. The van der Waals surface area contributed by atoms with Gasteiger partial charge in [-0.1, -0.05) is 0 Å². The summed E-state index contributed by atoms with van der Waals surface area (Å²) in [5.74, 6) is 2.04. The van der Waals surface area contributed by atoms with Gasteiger partial charge in [-0.2, -0.15) is 18.3 Å². The van der Waals surface area contributed by atoms with E-state index in [-0.39, 0.29) is 11.5 Å². The molecule has 2 bridgehead atoms. The monoisotopic (exact) mass is 494 g/mol. The van der Waals surface area contributed by atoms with Gasteiger partial charge in [0.15, 0.2) is 9.84 Å². The van der Waals surface area contributed by atoms with E-state index in [1.165, 1.54) is 6.20 Å². The molecular weight excluding hydrogens is 465 g/mol. The first-order valence-corrected chi connectivity index (χ1v) is 13.8. The van der Waals surface area contributed by atoms with Crippen molar-refractivity contribution in [1.82, 2.24) is 19.7 Å². The molecule has 3 saturated carbocycles. The van der Waals surface area contributed by atoms with Crippen LogP contribution in [0.4, 0.5) is 13.2 Å². The highest BCUT2D eigenvalue weighted by molar-refractivity contribution is 7.92. The van der Waals surface area contributed by atoms with E-state index in [0.717, 1.165) is 44.1 Å². The van der Waals surface area contributed by atoms with E-state index < -0.39 is 21.7 Å². The van der Waals surface area contributed by atoms with E-state index in [2.05, 4.69) is 9.88 Å². The van der Waals surface area contributed by atoms with E-state index in [1.807, 2.05) is 24.6 Å². The molecular formula is C24H29F3N4O2S. The van der Waals surface area contributed by atoms with Gasteiger partial charge in [0.25, 0.3) is 0 Å². The Bertz CT molecular complexity index is 1230. The molecule has 4 heterocycles. The van der Waals surface area contributed by atoms with Gasteiger partial charge >= 0.3 is 6.18 Å². The molecule has 4 atom stereocenters. The maximum Gasteiger partial charge on any atom is 0.433 e. The summed E-state index contributed by atoms with van der Waals surface area (Å²) in [6.45, 7) is 5.93. The van der Waals surface area contributed by atoms with Crippen LogP contribution in [0.3, 0.4) is 0 Å². The molecule has 5 aliphatic rings. The second kappa shape index (κ2) is 7.29. The molecule has 1 unspecified atom stereocenters. The number of nitrogens with zero attached hydrogens (tertiary/aromatic N) is 4. The molecule has 7 rings (SSSR count). The molecule has 3 aliphatic carbocycles. The van der Waals surface area contributed by atoms with Gasteiger partial charge in [-0.3, -0.25) is 14.6 Å². The molecule has 5 fully saturated rings. The second-order valence-electron chi connectivity index (χ2n) is 11.2. The van der Waals surface area contributed by atoms with Gasteiger partial charge in [-0.15, -0.1) is 0 Å². The van der Waals surface area contributed by atoms with E-state index in [4.69, 9.17) is 5.10 Å². The standard InChI is InChI=1S/C24H29F3N4O2S/c1-14(2)31-20(10-18(29-31)15-3-5-28-21(9-15)24(25,26)27)22-16-7-17(22)19(8-16)30-6-4-23(11-30)12-34(32,33)13-23/h3,5,9-10,14,16-17,19,22H,4,6-8,11-13H2,1-2H3/t16-,17?,19-,22-/m0/s1. The van der Waals surface area contributed by atoms with Gasteiger partial charge in [0, 0.05) is 47.4 Å². The van der Waals surface area contributed by atoms with Gasteiger partial charge in [0.2, 0.25) is 0 Å². The summed E-state index contributed by atoms with van der Waals surface area (Å²) < 4.78 is 65.1. The lowest BCUT2D eigenvalue weighted by Gasteiger charge is -2.41. The molecule has 2 aromatic heterocycles. The number of aromatic nitrogens is 3. The van der Waals surface area contributed by atoms with Crippen LogP contribution in [0, 0.1) is 17.3 Å². The van der Waals surface area contributed by atoms with Crippen molar-refractivity contribution in [2.75, 3.05) is 24.6 Å². The van der Waals surface area contributed by atoms with Crippen LogP contribution in [0.1, 0.15) is 56.5 Å². The first kappa shape index (κ1) is 22.5. The molecule has 184 valence electrons. The molecule has 2 aromatic rings. The average Bonchev–Trinajstić information content (AvgIpc) is 3.47. The number of hydrogen-bond donors (Lipinski definition) is 0. The molecule has 2 saturated heterocycles. The number of likely N-dealkylation sites (tertiary alicyclic amines) is 1. The number of fused-ring (bicyclic) bond motifs is 1. The summed E-state index contributed by atoms with van der Waals surface area (Å²) in [5.41, 5.74) is 1.15. The Kier molecular flexibility index (Phi) is 4.83. The Morgan fingerprint density at radius 3 is 2.62 bits per heavy atom. The zero-order chi connectivity index (χ0) is 24.0. The van der Waals surface area contributed by atoms with Crippen molar-refractivity contribution in [3.63, 3.8) is 0 Å². The Morgan fingerprint density at radius 1 is 1.18 bits per heavy atom. The molecule has 0 amide bonds. The molecule has 1 spiro atoms. The number of alkyl halides is 3. The summed E-state index contributed by atoms with van der Waals surface area (Å²) >= 11 is 0. The predicted molar refractivity (Wildman–Crippen MR) is 121 cm³/mol. The van der Waals surface area contributed by atoms with E-state index in [1.54, 1.807) is 6.07 Å². The lowest BCUT2D eigenvalue weighted by Crippen LogP contribution is -2.51. The smallest absolute Gasteiger partial charge is 0.299 e. The topological polar surface area (TPSA) is 68.1 Å². The van der Waals surface area contributed by atoms with Crippen LogP contribution in [0.5, 0.6) is 0 Å². The fourth-order valence-corrected chi connectivity index (χ4v) is 9.39. The summed E-state index contributed by atoms with van der Waals surface area (Å²) in [5, 5.41) is 4.73. The van der Waals surface area contributed by atoms with Crippen molar-refractivity contribution < 1.29 is 21.6 Å². The van der Waals surface area contributed by atoms with Crippen molar-refractivity contribution in [3.05, 3.63) is 35.8 Å². The number of halogens is 3. The van der Waals surface area contributed by atoms with Crippen molar-refractivity contribution in [3.8, 4) is 11.3 Å². The zero-order valence-corrected chi connectivity index (χ0v) is 20.1. The molecule has 0 radical (unpaired) electrons. The lowest BCUT2D eigenvalue weighted by molar-refractivity contribution is -0.141. The van der Waals surface area contributed by atoms with Crippen molar-refractivity contribution in [2.45, 2.75) is 57.3 Å². The second-order valence-corrected chi connectivity index (χ2v) is 13.2. The highest BCUT2D eigenvalue weighted by atomic mass is 32.2. The summed E-state index contributed by atoms with van der Waals surface area (Å²) in [6.07, 6.45) is -0.0817. The molecule has 2 aliphatic heterocycles. The van der Waals surface area contributed by atoms with Crippen LogP contribution in [0.25, 0.3) is 11.3 Å². The minimum atomic E-state index is -4.49. The Balaban J connectivity index is 1.25. The van der Waals surface area contributed by atoms with Crippen LogP contribution in [-0.2, 0) is 16.0 Å². The molecule has 0 N–H and O–H groups in total. The number of sulfone groups is 1. The summed E-state index contributed by atoms with van der Waals surface area (Å²) in [6, 6.07) is 5.19. The Hall–Kier alpha value is -1.94. The molecule has 0 aromatic carbocycles. The van der Waals surface area contributed by atoms with Gasteiger partial charge in [-0.05, 0) is 69.7 Å². The first-order chi connectivity index (χ1) is 15.9. The normalized spacial score (nSPS) is 31.7. The van der Waals surface area contributed by atoms with Gasteiger partial charge in [-0.25, -0.2) is 8.42 Å². The van der Waals surface area contributed by atoms with Gasteiger partial charge in [0.1, 0.15) is 5.69 Å². The minimum absolute atomic E-state index is 0.0360. The van der Waals surface area contributed by atoms with Crippen LogP contribution >= 0.6 is 0 Å². The first-order valence-electron chi connectivity index (χ1n) is 12.0. The van der Waals surface area contributed by atoms with Gasteiger partial charge < -0.3 is 0 Å². The molecule has 10 heteroatoms. The van der Waals surface area contributed by atoms with Crippen molar-refractivity contribution in [1.29, 1.82) is 0 Å². The fraction of sp³-hybridized carbons (Fsp3) is 0.667. The number of hydrogen-bond acceptors (Lipinski definition) is 5. The third-order valence-corrected chi connectivity index (χ3v) is 10.6. The minimum Gasteiger partial charge on any atom is -0.299 e. The maximum absolute atomic E-state index is 13.2. The highest BCUT2D eigenvalue weighted by Crippen LogP contribution is 2.61. The van der Waals surface area contributed by atoms with Crippen LogP contribution < -0.4 is 0 Å². The molecule has 6 nitrogen and oxygen atoms in total. The highest BCUT2D eigenvalue weighted by Gasteiger charge is 2.60. The Labute approximate surface area is 197 Å². The quantitative estimate of drug-likeness (QED) is 0.639. The van der Waals surface area contributed by atoms with Crippen molar-refractivity contribution >= 4 is 9.84 Å². The summed E-state index contributed by atoms with van der Waals surface area (Å²) in [7, 11) is -2.84. The zero-order valence-electron chi connectivity index (χ0n) is 19.3. The van der Waals surface area contributed by atoms with Crippen molar-refractivity contribution in [2.24, 2.45) is 17.3 Å². The fourth-order valence-electron chi connectivity index (χ4n) is 7.14. The number of pyridine rings is 1. The Morgan fingerprint density at radius 2 is 1.94 bits per heavy atom. The SMILES string of the molecule is CC(C)n1nc(-c2ccnc(C(F)(F)F)c2)cc1[C@@H]1C2C[C@H]1C[C@@H]2N1CCC2(C1)CS(=O)(=O)C2. The van der Waals surface area contributed by atoms with Crippen LogP contribution in [0.2, 0.25) is 0 Å². The third kappa shape index (κ3) is 3.51. The largest absolute Gasteiger partial charge is 0.433 e. The maximum atomic E-state index is 13.2. The van der Waals surface area contributed by atoms with E-state index in [9.17, 15) is 21.6 Å².